The number of oxazole rings is 1. The van der Waals surface area contributed by atoms with Crippen LogP contribution in [0.4, 0.5) is 0 Å². The van der Waals surface area contributed by atoms with Gasteiger partial charge in [-0.1, -0.05) is 16.8 Å². The van der Waals surface area contributed by atoms with Gasteiger partial charge in [0, 0.05) is 29.8 Å². The molecule has 0 radical (unpaired) electrons. The van der Waals surface area contributed by atoms with Gasteiger partial charge in [-0.05, 0) is 24.3 Å². The third kappa shape index (κ3) is 3.29. The molecule has 0 unspecified atom stereocenters. The summed E-state index contributed by atoms with van der Waals surface area (Å²) in [5.74, 6) is 1.22. The molecule has 3 rings (SSSR count). The number of nitrogens with zero attached hydrogens (tertiary/aromatic N) is 4. The van der Waals surface area contributed by atoms with Gasteiger partial charge < -0.3 is 9.52 Å². The van der Waals surface area contributed by atoms with E-state index >= 15 is 0 Å². The molecule has 3 aromatic rings. The van der Waals surface area contributed by atoms with Crippen LogP contribution in [0.5, 0.6) is 0 Å². The molecule has 21 heavy (non-hydrogen) atoms. The normalized spacial score (nSPS) is 11.0. The van der Waals surface area contributed by atoms with E-state index in [1.165, 1.54) is 0 Å². The zero-order valence-electron chi connectivity index (χ0n) is 11.1. The Bertz CT molecular complexity index is 721. The lowest BCUT2D eigenvalue weighted by molar-refractivity contribution is 0.298. The van der Waals surface area contributed by atoms with Gasteiger partial charge in [-0.3, -0.25) is 0 Å². The minimum absolute atomic E-state index is 0.0540. The standard InChI is InChI=1S/C14H13ClN4O2/c15-11-3-1-10(2-4-11)13-7-16-14(21-13)9-19-8-12(5-6-20)17-18-19/h1-4,7-8,20H,5-6,9H2. The minimum Gasteiger partial charge on any atom is -0.439 e. The third-order valence-electron chi connectivity index (χ3n) is 2.93. The molecule has 2 aromatic heterocycles. The Balaban J connectivity index is 1.73. The molecule has 0 fully saturated rings. The summed E-state index contributed by atoms with van der Waals surface area (Å²) in [6.45, 7) is 0.449. The van der Waals surface area contributed by atoms with Gasteiger partial charge in [0.2, 0.25) is 5.89 Å². The molecule has 0 aliphatic heterocycles. The van der Waals surface area contributed by atoms with E-state index in [-0.39, 0.29) is 6.61 Å². The first kappa shape index (κ1) is 13.8. The maximum atomic E-state index is 8.85. The lowest BCUT2D eigenvalue weighted by atomic mass is 10.2. The van der Waals surface area contributed by atoms with Crippen molar-refractivity contribution in [1.29, 1.82) is 0 Å². The summed E-state index contributed by atoms with van der Waals surface area (Å²) in [4.78, 5) is 4.23. The highest BCUT2D eigenvalue weighted by Gasteiger charge is 2.08. The second-order valence-corrected chi connectivity index (χ2v) is 4.94. The van der Waals surface area contributed by atoms with Crippen molar-refractivity contribution in [2.45, 2.75) is 13.0 Å². The summed E-state index contributed by atoms with van der Waals surface area (Å²) >= 11 is 5.86. The zero-order valence-corrected chi connectivity index (χ0v) is 11.9. The van der Waals surface area contributed by atoms with Gasteiger partial charge in [-0.25, -0.2) is 9.67 Å². The lowest BCUT2D eigenvalue weighted by Gasteiger charge is -1.97. The van der Waals surface area contributed by atoms with Crippen LogP contribution in [0, 0.1) is 0 Å². The average Bonchev–Trinajstić information content (AvgIpc) is 3.11. The van der Waals surface area contributed by atoms with Gasteiger partial charge in [-0.2, -0.15) is 0 Å². The number of aliphatic hydroxyl groups is 1. The van der Waals surface area contributed by atoms with E-state index in [9.17, 15) is 0 Å². The molecule has 1 N–H and O–H groups in total. The maximum Gasteiger partial charge on any atom is 0.216 e. The Labute approximate surface area is 126 Å². The number of halogens is 1. The van der Waals surface area contributed by atoms with Crippen LogP contribution in [0.2, 0.25) is 5.02 Å². The third-order valence-corrected chi connectivity index (χ3v) is 3.19. The number of hydrogen-bond donors (Lipinski definition) is 1. The van der Waals surface area contributed by atoms with Gasteiger partial charge in [0.25, 0.3) is 0 Å². The number of benzene rings is 1. The number of rotatable bonds is 5. The zero-order chi connectivity index (χ0) is 14.7. The van der Waals surface area contributed by atoms with E-state index in [0.29, 0.717) is 29.6 Å². The molecule has 0 aliphatic rings. The highest BCUT2D eigenvalue weighted by Crippen LogP contribution is 2.22. The SMILES string of the molecule is OCCc1cn(Cc2ncc(-c3ccc(Cl)cc3)o2)nn1. The lowest BCUT2D eigenvalue weighted by Crippen LogP contribution is -2.00. The predicted molar refractivity (Wildman–Crippen MR) is 76.9 cm³/mol. The predicted octanol–water partition coefficient (Wildman–Crippen LogP) is 2.17. The molecule has 2 heterocycles. The second-order valence-electron chi connectivity index (χ2n) is 4.51. The minimum atomic E-state index is 0.0540. The van der Waals surface area contributed by atoms with Crippen LogP contribution in [0.15, 0.2) is 41.1 Å². The van der Waals surface area contributed by atoms with Crippen molar-refractivity contribution < 1.29 is 9.52 Å². The number of aliphatic hydroxyl groups excluding tert-OH is 1. The van der Waals surface area contributed by atoms with Crippen molar-refractivity contribution in [3.63, 3.8) is 0 Å². The molecule has 0 spiro atoms. The topological polar surface area (TPSA) is 77.0 Å². The molecule has 108 valence electrons. The number of aromatic nitrogens is 4. The molecule has 7 heteroatoms. The average molecular weight is 305 g/mol. The summed E-state index contributed by atoms with van der Waals surface area (Å²) in [6.07, 6.45) is 3.92. The molecule has 6 nitrogen and oxygen atoms in total. The molecule has 0 saturated carbocycles. The van der Waals surface area contributed by atoms with Crippen LogP contribution in [-0.2, 0) is 13.0 Å². The van der Waals surface area contributed by atoms with E-state index < -0.39 is 0 Å². The van der Waals surface area contributed by atoms with Crippen LogP contribution in [0.3, 0.4) is 0 Å². The number of hydrogen-bond acceptors (Lipinski definition) is 5. The fraction of sp³-hybridized carbons (Fsp3) is 0.214. The molecular formula is C14H13ClN4O2. The summed E-state index contributed by atoms with van der Waals surface area (Å²) < 4.78 is 7.32. The van der Waals surface area contributed by atoms with Gasteiger partial charge in [0.05, 0.1) is 11.9 Å². The van der Waals surface area contributed by atoms with E-state index in [4.69, 9.17) is 21.1 Å². The van der Waals surface area contributed by atoms with Crippen LogP contribution in [-0.4, -0.2) is 31.7 Å². The Kier molecular flexibility index (Phi) is 3.98. The first-order chi connectivity index (χ1) is 10.2. The highest BCUT2D eigenvalue weighted by molar-refractivity contribution is 6.30. The van der Waals surface area contributed by atoms with Crippen molar-refractivity contribution in [3.05, 3.63) is 53.3 Å². The summed E-state index contributed by atoms with van der Waals surface area (Å²) in [5.41, 5.74) is 1.65. The van der Waals surface area contributed by atoms with Crippen molar-refractivity contribution in [2.24, 2.45) is 0 Å². The molecule has 0 bridgehead atoms. The van der Waals surface area contributed by atoms with Crippen molar-refractivity contribution in [1.82, 2.24) is 20.0 Å². The highest BCUT2D eigenvalue weighted by atomic mass is 35.5. The van der Waals surface area contributed by atoms with E-state index in [0.717, 1.165) is 11.3 Å². The van der Waals surface area contributed by atoms with Gasteiger partial charge >= 0.3 is 0 Å². The van der Waals surface area contributed by atoms with Crippen LogP contribution in [0.1, 0.15) is 11.6 Å². The Morgan fingerprint density at radius 1 is 1.24 bits per heavy atom. The summed E-state index contributed by atoms with van der Waals surface area (Å²) in [5, 5.41) is 17.4. The molecule has 0 atom stereocenters. The smallest absolute Gasteiger partial charge is 0.216 e. The Morgan fingerprint density at radius 2 is 2.05 bits per heavy atom. The van der Waals surface area contributed by atoms with E-state index in [1.54, 1.807) is 29.2 Å². The summed E-state index contributed by atoms with van der Waals surface area (Å²) in [7, 11) is 0. The Morgan fingerprint density at radius 3 is 2.81 bits per heavy atom. The largest absolute Gasteiger partial charge is 0.439 e. The van der Waals surface area contributed by atoms with Crippen molar-refractivity contribution in [2.75, 3.05) is 6.61 Å². The summed E-state index contributed by atoms with van der Waals surface area (Å²) in [6, 6.07) is 7.36. The fourth-order valence-electron chi connectivity index (χ4n) is 1.91. The van der Waals surface area contributed by atoms with Gasteiger partial charge in [-0.15, -0.1) is 5.10 Å². The monoisotopic (exact) mass is 304 g/mol. The van der Waals surface area contributed by atoms with Crippen LogP contribution < -0.4 is 0 Å². The van der Waals surface area contributed by atoms with Crippen molar-refractivity contribution >= 4 is 11.6 Å². The Hall–Kier alpha value is -2.18. The molecule has 0 aliphatic carbocycles. The first-order valence-corrected chi connectivity index (χ1v) is 6.83. The van der Waals surface area contributed by atoms with E-state index in [2.05, 4.69) is 15.3 Å². The quantitative estimate of drug-likeness (QED) is 0.781. The van der Waals surface area contributed by atoms with Crippen molar-refractivity contribution in [3.8, 4) is 11.3 Å². The van der Waals surface area contributed by atoms with Gasteiger partial charge in [0.15, 0.2) is 5.76 Å². The van der Waals surface area contributed by atoms with E-state index in [1.807, 2.05) is 12.1 Å². The fourth-order valence-corrected chi connectivity index (χ4v) is 2.04. The molecular weight excluding hydrogens is 292 g/mol. The first-order valence-electron chi connectivity index (χ1n) is 6.45. The molecule has 1 aromatic carbocycles. The molecule has 0 amide bonds. The van der Waals surface area contributed by atoms with Gasteiger partial charge in [0.1, 0.15) is 6.54 Å². The van der Waals surface area contributed by atoms with Crippen LogP contribution in [0.25, 0.3) is 11.3 Å². The maximum absolute atomic E-state index is 8.85. The molecule has 0 saturated heterocycles. The second kappa shape index (κ2) is 6.07. The van der Waals surface area contributed by atoms with Crippen LogP contribution >= 0.6 is 11.6 Å².